The largest absolute Gasteiger partial charge is 0.383 e. The second-order valence-corrected chi connectivity index (χ2v) is 5.61. The van der Waals surface area contributed by atoms with Crippen LogP contribution in [0, 0.1) is 5.92 Å². The van der Waals surface area contributed by atoms with Crippen LogP contribution in [0.25, 0.3) is 0 Å². The van der Waals surface area contributed by atoms with Gasteiger partial charge in [-0.3, -0.25) is 4.90 Å². The Morgan fingerprint density at radius 2 is 1.93 bits per heavy atom. The number of hydrogen-bond acceptors (Lipinski definition) is 3. The van der Waals surface area contributed by atoms with Crippen LogP contribution < -0.4 is 0 Å². The molecule has 0 amide bonds. The SMILES string of the molecule is COC[C@H](CC(C)C)N1CCSCC1. The average molecular weight is 217 g/mol. The van der Waals surface area contributed by atoms with E-state index in [4.69, 9.17) is 4.74 Å². The van der Waals surface area contributed by atoms with E-state index in [2.05, 4.69) is 30.5 Å². The summed E-state index contributed by atoms with van der Waals surface area (Å²) in [5.74, 6) is 3.35. The first-order chi connectivity index (χ1) is 6.74. The smallest absolute Gasteiger partial charge is 0.0618 e. The Labute approximate surface area is 92.4 Å². The second-order valence-electron chi connectivity index (χ2n) is 4.39. The van der Waals surface area contributed by atoms with Crippen LogP contribution in [0.4, 0.5) is 0 Å². The molecule has 1 rings (SSSR count). The summed E-state index contributed by atoms with van der Waals surface area (Å²) in [7, 11) is 1.81. The molecule has 0 unspecified atom stereocenters. The Kier molecular flexibility index (Phi) is 5.90. The summed E-state index contributed by atoms with van der Waals surface area (Å²) in [4.78, 5) is 2.60. The molecule has 0 saturated carbocycles. The van der Waals surface area contributed by atoms with Gasteiger partial charge >= 0.3 is 0 Å². The van der Waals surface area contributed by atoms with Crippen molar-refractivity contribution < 1.29 is 4.74 Å². The van der Waals surface area contributed by atoms with E-state index in [1.165, 1.54) is 31.0 Å². The molecule has 0 aromatic heterocycles. The summed E-state index contributed by atoms with van der Waals surface area (Å²) < 4.78 is 5.31. The Balaban J connectivity index is 2.38. The highest BCUT2D eigenvalue weighted by molar-refractivity contribution is 7.99. The minimum atomic E-state index is 0.640. The Bertz CT molecular complexity index is 146. The van der Waals surface area contributed by atoms with Gasteiger partial charge in [-0.2, -0.15) is 11.8 Å². The summed E-state index contributed by atoms with van der Waals surface area (Å²) in [5, 5.41) is 0. The van der Waals surface area contributed by atoms with Crippen molar-refractivity contribution in [2.75, 3.05) is 38.3 Å². The minimum Gasteiger partial charge on any atom is -0.383 e. The van der Waals surface area contributed by atoms with Crippen LogP contribution in [-0.2, 0) is 4.74 Å². The van der Waals surface area contributed by atoms with Crippen LogP contribution in [-0.4, -0.2) is 49.3 Å². The fourth-order valence-electron chi connectivity index (χ4n) is 2.00. The van der Waals surface area contributed by atoms with E-state index in [0.29, 0.717) is 6.04 Å². The lowest BCUT2D eigenvalue weighted by atomic mass is 10.0. The molecule has 2 nitrogen and oxygen atoms in total. The molecule has 0 bridgehead atoms. The molecule has 1 atom stereocenters. The zero-order chi connectivity index (χ0) is 10.4. The van der Waals surface area contributed by atoms with Crippen LogP contribution in [0.15, 0.2) is 0 Å². The fraction of sp³-hybridized carbons (Fsp3) is 1.00. The molecule has 3 heteroatoms. The molecule has 1 heterocycles. The Hall–Kier alpha value is 0.270. The maximum absolute atomic E-state index is 5.31. The van der Waals surface area contributed by atoms with Gasteiger partial charge in [-0.05, 0) is 12.3 Å². The predicted octanol–water partition coefficient (Wildman–Crippen LogP) is 2.10. The lowest BCUT2D eigenvalue weighted by molar-refractivity contribution is 0.0840. The van der Waals surface area contributed by atoms with Crippen LogP contribution in [0.3, 0.4) is 0 Å². The molecule has 0 radical (unpaired) electrons. The molecular weight excluding hydrogens is 194 g/mol. The van der Waals surface area contributed by atoms with Crippen molar-refractivity contribution in [2.45, 2.75) is 26.3 Å². The second kappa shape index (κ2) is 6.70. The molecular formula is C11H23NOS. The lowest BCUT2D eigenvalue weighted by Gasteiger charge is -2.34. The molecule has 0 aliphatic carbocycles. The van der Waals surface area contributed by atoms with Crippen LogP contribution in [0.1, 0.15) is 20.3 Å². The van der Waals surface area contributed by atoms with Gasteiger partial charge in [0.1, 0.15) is 0 Å². The van der Waals surface area contributed by atoms with E-state index in [1.54, 1.807) is 0 Å². The Morgan fingerprint density at radius 1 is 1.29 bits per heavy atom. The third-order valence-corrected chi connectivity index (χ3v) is 3.61. The third-order valence-electron chi connectivity index (χ3n) is 2.66. The number of ether oxygens (including phenoxy) is 1. The number of nitrogens with zero attached hydrogens (tertiary/aromatic N) is 1. The van der Waals surface area contributed by atoms with Gasteiger partial charge in [-0.1, -0.05) is 13.8 Å². The summed E-state index contributed by atoms with van der Waals surface area (Å²) >= 11 is 2.07. The lowest BCUT2D eigenvalue weighted by Crippen LogP contribution is -2.44. The predicted molar refractivity (Wildman–Crippen MR) is 64.0 cm³/mol. The highest BCUT2D eigenvalue weighted by Crippen LogP contribution is 2.17. The maximum Gasteiger partial charge on any atom is 0.0618 e. The van der Waals surface area contributed by atoms with Crippen molar-refractivity contribution in [3.8, 4) is 0 Å². The maximum atomic E-state index is 5.31. The molecule has 1 fully saturated rings. The average Bonchev–Trinajstić information content (AvgIpc) is 2.18. The summed E-state index contributed by atoms with van der Waals surface area (Å²) in [6.07, 6.45) is 1.26. The van der Waals surface area contributed by atoms with Gasteiger partial charge in [-0.15, -0.1) is 0 Å². The van der Waals surface area contributed by atoms with Crippen molar-refractivity contribution in [3.63, 3.8) is 0 Å². The van der Waals surface area contributed by atoms with Gasteiger partial charge in [0.2, 0.25) is 0 Å². The normalized spacial score (nSPS) is 21.4. The van der Waals surface area contributed by atoms with E-state index in [0.717, 1.165) is 12.5 Å². The first-order valence-electron chi connectivity index (χ1n) is 5.54. The molecule has 14 heavy (non-hydrogen) atoms. The summed E-state index contributed by atoms with van der Waals surface area (Å²) in [6.45, 7) is 7.96. The first-order valence-corrected chi connectivity index (χ1v) is 6.70. The summed E-state index contributed by atoms with van der Waals surface area (Å²) in [5.41, 5.74) is 0. The standard InChI is InChI=1S/C11H23NOS/c1-10(2)8-11(9-13-3)12-4-6-14-7-5-12/h10-11H,4-9H2,1-3H3/t11-/m0/s1. The number of rotatable bonds is 5. The van der Waals surface area contributed by atoms with Crippen molar-refractivity contribution in [1.29, 1.82) is 0 Å². The van der Waals surface area contributed by atoms with Crippen molar-refractivity contribution in [2.24, 2.45) is 5.92 Å². The van der Waals surface area contributed by atoms with Crippen LogP contribution in [0.5, 0.6) is 0 Å². The van der Waals surface area contributed by atoms with E-state index in [1.807, 2.05) is 7.11 Å². The van der Waals surface area contributed by atoms with Crippen molar-refractivity contribution >= 4 is 11.8 Å². The highest BCUT2D eigenvalue weighted by Gasteiger charge is 2.21. The molecule has 0 aromatic rings. The van der Waals surface area contributed by atoms with E-state index in [9.17, 15) is 0 Å². The number of hydrogen-bond donors (Lipinski definition) is 0. The first kappa shape index (κ1) is 12.3. The van der Waals surface area contributed by atoms with Gasteiger partial charge < -0.3 is 4.74 Å². The van der Waals surface area contributed by atoms with Gasteiger partial charge in [0, 0.05) is 37.7 Å². The van der Waals surface area contributed by atoms with Gasteiger partial charge in [0.05, 0.1) is 6.61 Å². The van der Waals surface area contributed by atoms with Gasteiger partial charge in [-0.25, -0.2) is 0 Å². The topological polar surface area (TPSA) is 12.5 Å². The molecule has 1 saturated heterocycles. The van der Waals surface area contributed by atoms with Crippen molar-refractivity contribution in [1.82, 2.24) is 4.90 Å². The molecule has 84 valence electrons. The van der Waals surface area contributed by atoms with E-state index < -0.39 is 0 Å². The summed E-state index contributed by atoms with van der Waals surface area (Å²) in [6, 6.07) is 0.640. The molecule has 0 spiro atoms. The van der Waals surface area contributed by atoms with Crippen molar-refractivity contribution in [3.05, 3.63) is 0 Å². The zero-order valence-corrected chi connectivity index (χ0v) is 10.5. The number of methoxy groups -OCH3 is 1. The number of thioether (sulfide) groups is 1. The molecule has 0 N–H and O–H groups in total. The monoisotopic (exact) mass is 217 g/mol. The minimum absolute atomic E-state index is 0.640. The Morgan fingerprint density at radius 3 is 2.43 bits per heavy atom. The fourth-order valence-corrected chi connectivity index (χ4v) is 2.93. The third kappa shape index (κ3) is 4.20. The van der Waals surface area contributed by atoms with E-state index >= 15 is 0 Å². The van der Waals surface area contributed by atoms with Crippen LogP contribution >= 0.6 is 11.8 Å². The molecule has 1 aliphatic heterocycles. The molecule has 0 aromatic carbocycles. The van der Waals surface area contributed by atoms with Crippen LogP contribution in [0.2, 0.25) is 0 Å². The van der Waals surface area contributed by atoms with Gasteiger partial charge in [0.25, 0.3) is 0 Å². The zero-order valence-electron chi connectivity index (χ0n) is 9.66. The van der Waals surface area contributed by atoms with Gasteiger partial charge in [0.15, 0.2) is 0 Å². The highest BCUT2D eigenvalue weighted by atomic mass is 32.2. The quantitative estimate of drug-likeness (QED) is 0.700. The van der Waals surface area contributed by atoms with E-state index in [-0.39, 0.29) is 0 Å². The molecule has 1 aliphatic rings.